The second kappa shape index (κ2) is 12.7. The first-order chi connectivity index (χ1) is 25.8. The number of hydrogen-bond donors (Lipinski definition) is 0. The van der Waals surface area contributed by atoms with Gasteiger partial charge in [0.15, 0.2) is 0 Å². The van der Waals surface area contributed by atoms with Gasteiger partial charge in [-0.1, -0.05) is 170 Å². The molecule has 244 valence electrons. The molecule has 1 heterocycles. The van der Waals surface area contributed by atoms with Crippen molar-refractivity contribution in [3.05, 3.63) is 200 Å². The Kier molecular flexibility index (Phi) is 7.41. The molecule has 0 saturated heterocycles. The summed E-state index contributed by atoms with van der Waals surface area (Å²) in [5, 5.41) is 7.71. The van der Waals surface area contributed by atoms with Gasteiger partial charge in [0, 0.05) is 26.7 Å². The summed E-state index contributed by atoms with van der Waals surface area (Å²) in [6.07, 6.45) is 0. The van der Waals surface area contributed by atoms with Crippen LogP contribution in [-0.4, -0.2) is 0 Å². The highest BCUT2D eigenvalue weighted by Crippen LogP contribution is 2.48. The summed E-state index contributed by atoms with van der Waals surface area (Å²) in [7, 11) is 0. The van der Waals surface area contributed by atoms with E-state index in [0.29, 0.717) is 0 Å². The van der Waals surface area contributed by atoms with E-state index >= 15 is 0 Å². The summed E-state index contributed by atoms with van der Waals surface area (Å²) in [5.74, 6) is 0. The fraction of sp³-hybridized carbons (Fsp3) is 0. The lowest BCUT2D eigenvalue weighted by Gasteiger charge is -2.28. The monoisotopic (exact) mass is 679 g/mol. The molecule has 1 aromatic heterocycles. The molecule has 0 fully saturated rings. The number of benzene rings is 9. The van der Waals surface area contributed by atoms with Crippen LogP contribution in [-0.2, 0) is 0 Å². The second-order valence-electron chi connectivity index (χ2n) is 13.3. The van der Waals surface area contributed by atoms with Crippen LogP contribution >= 0.6 is 11.3 Å². The minimum Gasteiger partial charge on any atom is -0.308 e. The van der Waals surface area contributed by atoms with Gasteiger partial charge in [0.2, 0.25) is 0 Å². The fourth-order valence-electron chi connectivity index (χ4n) is 7.90. The van der Waals surface area contributed by atoms with Crippen LogP contribution in [0.5, 0.6) is 0 Å². The van der Waals surface area contributed by atoms with Crippen LogP contribution in [0.2, 0.25) is 0 Å². The molecule has 1 nitrogen and oxygen atoms in total. The molecule has 0 saturated carbocycles. The van der Waals surface area contributed by atoms with Crippen LogP contribution in [0.3, 0.4) is 0 Å². The predicted molar refractivity (Wildman–Crippen MR) is 225 cm³/mol. The Morgan fingerprint density at radius 2 is 0.865 bits per heavy atom. The van der Waals surface area contributed by atoms with E-state index in [9.17, 15) is 0 Å². The largest absolute Gasteiger partial charge is 0.308 e. The first-order valence-electron chi connectivity index (χ1n) is 17.8. The first-order valence-corrected chi connectivity index (χ1v) is 18.6. The highest BCUT2D eigenvalue weighted by Gasteiger charge is 2.22. The van der Waals surface area contributed by atoms with E-state index in [1.54, 1.807) is 0 Å². The molecule has 10 aromatic rings. The highest BCUT2D eigenvalue weighted by atomic mass is 32.1. The molecule has 9 aromatic carbocycles. The van der Waals surface area contributed by atoms with E-state index in [1.807, 2.05) is 11.3 Å². The van der Waals surface area contributed by atoms with E-state index < -0.39 is 0 Å². The van der Waals surface area contributed by atoms with E-state index in [4.69, 9.17) is 0 Å². The number of rotatable bonds is 6. The van der Waals surface area contributed by atoms with Gasteiger partial charge in [0.05, 0.1) is 16.1 Å². The van der Waals surface area contributed by atoms with Gasteiger partial charge in [0.25, 0.3) is 0 Å². The van der Waals surface area contributed by atoms with Crippen molar-refractivity contribution in [3.63, 3.8) is 0 Å². The van der Waals surface area contributed by atoms with Gasteiger partial charge in [-0.05, 0) is 79.7 Å². The number of nitrogens with zero attached hydrogens (tertiary/aromatic N) is 1. The normalized spacial score (nSPS) is 11.5. The molecular formula is C50H33NS. The maximum absolute atomic E-state index is 2.46. The molecule has 0 atom stereocenters. The molecule has 10 rings (SSSR count). The maximum Gasteiger partial charge on any atom is 0.0640 e. The average Bonchev–Trinajstić information content (AvgIpc) is 3.62. The van der Waals surface area contributed by atoms with Crippen LogP contribution in [0.25, 0.3) is 75.1 Å². The van der Waals surface area contributed by atoms with E-state index in [0.717, 1.165) is 11.4 Å². The SMILES string of the molecule is c1ccc(-c2ccccc2N(c2ccc(-c3cccc4cccc(-c5ccccc5)c34)cc2)c2cccc3c2sc2ccc4ccccc4c23)cc1. The van der Waals surface area contributed by atoms with Gasteiger partial charge >= 0.3 is 0 Å². The fourth-order valence-corrected chi connectivity index (χ4v) is 9.12. The molecule has 0 N–H and O–H groups in total. The third-order valence-corrected chi connectivity index (χ3v) is 11.5. The topological polar surface area (TPSA) is 3.24 Å². The molecule has 2 heteroatoms. The van der Waals surface area contributed by atoms with Gasteiger partial charge in [-0.2, -0.15) is 0 Å². The number of fused-ring (bicyclic) bond motifs is 6. The Morgan fingerprint density at radius 3 is 1.62 bits per heavy atom. The summed E-state index contributed by atoms with van der Waals surface area (Å²) in [5.41, 5.74) is 10.7. The predicted octanol–water partition coefficient (Wildman–Crippen LogP) is 14.8. The van der Waals surface area contributed by atoms with E-state index in [1.165, 1.54) is 80.8 Å². The average molecular weight is 680 g/mol. The lowest BCUT2D eigenvalue weighted by molar-refractivity contribution is 1.30. The summed E-state index contributed by atoms with van der Waals surface area (Å²) >= 11 is 1.88. The molecule has 0 spiro atoms. The zero-order valence-electron chi connectivity index (χ0n) is 28.4. The Bertz CT molecular complexity index is 2880. The Balaban J connectivity index is 1.19. The van der Waals surface area contributed by atoms with Gasteiger partial charge in [-0.25, -0.2) is 0 Å². The molecule has 0 unspecified atom stereocenters. The number of thiophene rings is 1. The van der Waals surface area contributed by atoms with Crippen molar-refractivity contribution < 1.29 is 0 Å². The third kappa shape index (κ3) is 5.07. The Hall–Kier alpha value is -6.48. The standard InChI is InChI=1S/C50H33NS/c1-3-14-34(15-4-1)40-21-9-10-26-45(40)51(46-27-13-25-44-49-43-22-8-7-18-36(43)30-33-47(49)52-50(44)46)39-31-28-37(29-32-39)42-24-12-20-38-19-11-23-41(48(38)42)35-16-5-2-6-17-35/h1-33H. The van der Waals surface area contributed by atoms with E-state index in [-0.39, 0.29) is 0 Å². The van der Waals surface area contributed by atoms with Gasteiger partial charge in [-0.15, -0.1) is 11.3 Å². The molecule has 0 amide bonds. The van der Waals surface area contributed by atoms with Crippen LogP contribution in [0.4, 0.5) is 17.1 Å². The van der Waals surface area contributed by atoms with E-state index in [2.05, 4.69) is 205 Å². The van der Waals surface area contributed by atoms with Crippen molar-refractivity contribution in [1.29, 1.82) is 0 Å². The highest BCUT2D eigenvalue weighted by molar-refractivity contribution is 7.26. The zero-order valence-corrected chi connectivity index (χ0v) is 29.2. The number of hydrogen-bond acceptors (Lipinski definition) is 2. The van der Waals surface area contributed by atoms with Crippen molar-refractivity contribution in [1.82, 2.24) is 0 Å². The lowest BCUT2D eigenvalue weighted by atomic mass is 9.91. The lowest BCUT2D eigenvalue weighted by Crippen LogP contribution is -2.11. The van der Waals surface area contributed by atoms with Crippen LogP contribution in [0.15, 0.2) is 200 Å². The van der Waals surface area contributed by atoms with Crippen LogP contribution in [0.1, 0.15) is 0 Å². The number of anilines is 3. The molecule has 0 aliphatic heterocycles. The van der Waals surface area contributed by atoms with Crippen molar-refractivity contribution in [2.24, 2.45) is 0 Å². The summed E-state index contributed by atoms with van der Waals surface area (Å²) in [6.45, 7) is 0. The van der Waals surface area contributed by atoms with Crippen molar-refractivity contribution in [2.45, 2.75) is 0 Å². The van der Waals surface area contributed by atoms with Crippen molar-refractivity contribution in [3.8, 4) is 33.4 Å². The minimum atomic E-state index is 1.12. The summed E-state index contributed by atoms with van der Waals surface area (Å²) in [4.78, 5) is 2.46. The quantitative estimate of drug-likeness (QED) is 0.169. The van der Waals surface area contributed by atoms with Gasteiger partial charge in [-0.3, -0.25) is 0 Å². The molecular weight excluding hydrogens is 647 g/mol. The van der Waals surface area contributed by atoms with Crippen molar-refractivity contribution in [2.75, 3.05) is 4.90 Å². The van der Waals surface area contributed by atoms with Crippen molar-refractivity contribution >= 4 is 70.1 Å². The molecule has 0 bridgehead atoms. The number of para-hydroxylation sites is 1. The van der Waals surface area contributed by atoms with Crippen LogP contribution in [0, 0.1) is 0 Å². The minimum absolute atomic E-state index is 1.12. The Morgan fingerprint density at radius 1 is 0.327 bits per heavy atom. The van der Waals surface area contributed by atoms with Gasteiger partial charge in [0.1, 0.15) is 0 Å². The summed E-state index contributed by atoms with van der Waals surface area (Å²) < 4.78 is 2.58. The summed E-state index contributed by atoms with van der Waals surface area (Å²) in [6, 6.07) is 72.8. The van der Waals surface area contributed by atoms with Gasteiger partial charge < -0.3 is 4.90 Å². The molecule has 0 aliphatic carbocycles. The molecule has 0 radical (unpaired) electrons. The third-order valence-electron chi connectivity index (χ3n) is 10.3. The maximum atomic E-state index is 2.46. The molecule has 52 heavy (non-hydrogen) atoms. The molecule has 0 aliphatic rings. The first kappa shape index (κ1) is 30.4. The smallest absolute Gasteiger partial charge is 0.0640 e. The van der Waals surface area contributed by atoms with Crippen LogP contribution < -0.4 is 4.90 Å². The second-order valence-corrected chi connectivity index (χ2v) is 14.3. The zero-order chi connectivity index (χ0) is 34.4. The Labute approximate surface area is 307 Å².